The molecule has 4 heteroatoms. The molecule has 0 spiro atoms. The smallest absolute Gasteiger partial charge is 0.407 e. The third kappa shape index (κ3) is 6.84. The number of nitrogens with one attached hydrogen (secondary N) is 2. The average Bonchev–Trinajstić information content (AvgIpc) is 2.24. The van der Waals surface area contributed by atoms with Crippen LogP contribution in [0.25, 0.3) is 0 Å². The third-order valence-electron chi connectivity index (χ3n) is 3.24. The van der Waals surface area contributed by atoms with Gasteiger partial charge in [0.05, 0.1) is 0 Å². The van der Waals surface area contributed by atoms with Crippen molar-refractivity contribution < 1.29 is 9.53 Å². The lowest BCUT2D eigenvalue weighted by Gasteiger charge is -2.27. The molecule has 0 saturated heterocycles. The molecular formula is C14H28N2O2. The number of hydrogen-bond acceptors (Lipinski definition) is 3. The van der Waals surface area contributed by atoms with Crippen LogP contribution >= 0.6 is 0 Å². The van der Waals surface area contributed by atoms with E-state index in [1.165, 1.54) is 25.7 Å². The van der Waals surface area contributed by atoms with E-state index in [1.54, 1.807) is 0 Å². The van der Waals surface area contributed by atoms with Gasteiger partial charge in [0.25, 0.3) is 0 Å². The van der Waals surface area contributed by atoms with Crippen LogP contribution in [-0.4, -0.2) is 30.8 Å². The highest BCUT2D eigenvalue weighted by Crippen LogP contribution is 2.23. The van der Waals surface area contributed by atoms with Gasteiger partial charge in [0.1, 0.15) is 5.60 Å². The van der Waals surface area contributed by atoms with Crippen molar-refractivity contribution >= 4 is 6.09 Å². The summed E-state index contributed by atoms with van der Waals surface area (Å²) in [5, 5.41) is 6.25. The van der Waals surface area contributed by atoms with Crippen LogP contribution in [-0.2, 0) is 4.74 Å². The summed E-state index contributed by atoms with van der Waals surface area (Å²) in [6.45, 7) is 9.37. The van der Waals surface area contributed by atoms with Crippen molar-refractivity contribution in [3.8, 4) is 0 Å². The molecule has 1 aliphatic rings. The Kier molecular flexibility index (Phi) is 5.93. The molecule has 106 valence electrons. The lowest BCUT2D eigenvalue weighted by Crippen LogP contribution is -2.40. The van der Waals surface area contributed by atoms with E-state index in [0.717, 1.165) is 12.5 Å². The lowest BCUT2D eigenvalue weighted by molar-refractivity contribution is 0.0527. The monoisotopic (exact) mass is 256 g/mol. The zero-order chi connectivity index (χ0) is 13.6. The Hall–Kier alpha value is -0.770. The molecule has 18 heavy (non-hydrogen) atoms. The summed E-state index contributed by atoms with van der Waals surface area (Å²) < 4.78 is 5.17. The van der Waals surface area contributed by atoms with Gasteiger partial charge in [-0.15, -0.1) is 0 Å². The molecule has 1 amide bonds. The highest BCUT2D eigenvalue weighted by atomic mass is 16.6. The zero-order valence-electron chi connectivity index (χ0n) is 12.2. The van der Waals surface area contributed by atoms with Gasteiger partial charge in [0.15, 0.2) is 0 Å². The predicted molar refractivity (Wildman–Crippen MR) is 73.7 cm³/mol. The maximum Gasteiger partial charge on any atom is 0.407 e. The van der Waals surface area contributed by atoms with Gasteiger partial charge in [-0.2, -0.15) is 0 Å². The molecule has 1 aliphatic carbocycles. The van der Waals surface area contributed by atoms with Gasteiger partial charge >= 0.3 is 6.09 Å². The minimum absolute atomic E-state index is 0.332. The summed E-state index contributed by atoms with van der Waals surface area (Å²) in [6.07, 6.45) is 4.82. The van der Waals surface area contributed by atoms with Crippen LogP contribution in [0.4, 0.5) is 4.79 Å². The molecule has 0 aromatic carbocycles. The molecule has 0 radical (unpaired) electrons. The van der Waals surface area contributed by atoms with Crippen molar-refractivity contribution in [3.05, 3.63) is 0 Å². The van der Waals surface area contributed by atoms with E-state index in [0.29, 0.717) is 12.6 Å². The lowest BCUT2D eigenvalue weighted by atomic mass is 9.87. The summed E-state index contributed by atoms with van der Waals surface area (Å²) in [5.41, 5.74) is -0.420. The Labute approximate surface area is 111 Å². The molecule has 1 saturated carbocycles. The van der Waals surface area contributed by atoms with Crippen molar-refractivity contribution in [1.82, 2.24) is 10.6 Å². The van der Waals surface area contributed by atoms with E-state index >= 15 is 0 Å². The van der Waals surface area contributed by atoms with E-state index in [4.69, 9.17) is 4.74 Å². The molecule has 0 aromatic heterocycles. The normalized spacial score (nSPS) is 24.7. The van der Waals surface area contributed by atoms with Crippen molar-refractivity contribution in [1.29, 1.82) is 0 Å². The molecule has 0 aliphatic heterocycles. The van der Waals surface area contributed by atoms with E-state index in [1.807, 2.05) is 20.8 Å². The molecule has 0 heterocycles. The minimum Gasteiger partial charge on any atom is -0.444 e. The maximum absolute atomic E-state index is 11.4. The van der Waals surface area contributed by atoms with Crippen molar-refractivity contribution in [2.24, 2.45) is 5.92 Å². The number of carbonyl (C=O) groups is 1. The number of amides is 1. The molecule has 1 fully saturated rings. The molecule has 1 rings (SSSR count). The van der Waals surface area contributed by atoms with Gasteiger partial charge in [-0.3, -0.25) is 0 Å². The summed E-state index contributed by atoms with van der Waals surface area (Å²) in [6, 6.07) is 0.627. The first-order chi connectivity index (χ1) is 8.37. The highest BCUT2D eigenvalue weighted by molar-refractivity contribution is 5.67. The summed E-state index contributed by atoms with van der Waals surface area (Å²) in [5.74, 6) is 0.878. The fourth-order valence-corrected chi connectivity index (χ4v) is 2.22. The summed E-state index contributed by atoms with van der Waals surface area (Å²) in [4.78, 5) is 11.4. The SMILES string of the molecule is CC1CCC(NCCNC(=O)OC(C)(C)C)CC1. The first kappa shape index (κ1) is 15.3. The molecule has 0 aromatic rings. The number of rotatable bonds is 4. The first-order valence-corrected chi connectivity index (χ1v) is 7.07. The average molecular weight is 256 g/mol. The van der Waals surface area contributed by atoms with Crippen molar-refractivity contribution in [2.45, 2.75) is 65.0 Å². The van der Waals surface area contributed by atoms with Crippen LogP contribution in [0.2, 0.25) is 0 Å². The minimum atomic E-state index is -0.420. The quantitative estimate of drug-likeness (QED) is 0.760. The van der Waals surface area contributed by atoms with Crippen LogP contribution < -0.4 is 10.6 Å². The largest absolute Gasteiger partial charge is 0.444 e. The van der Waals surface area contributed by atoms with E-state index in [-0.39, 0.29) is 6.09 Å². The van der Waals surface area contributed by atoms with Crippen LogP contribution in [0.5, 0.6) is 0 Å². The van der Waals surface area contributed by atoms with Crippen LogP contribution in [0, 0.1) is 5.92 Å². The summed E-state index contributed by atoms with van der Waals surface area (Å²) >= 11 is 0. The zero-order valence-corrected chi connectivity index (χ0v) is 12.2. The molecule has 2 N–H and O–H groups in total. The van der Waals surface area contributed by atoms with E-state index in [9.17, 15) is 4.79 Å². The second-order valence-corrected chi connectivity index (χ2v) is 6.34. The number of ether oxygens (including phenoxy) is 1. The Balaban J connectivity index is 2.03. The van der Waals surface area contributed by atoms with Gasteiger partial charge in [0.2, 0.25) is 0 Å². The third-order valence-corrected chi connectivity index (χ3v) is 3.24. The predicted octanol–water partition coefficient (Wildman–Crippen LogP) is 2.68. The topological polar surface area (TPSA) is 50.4 Å². The van der Waals surface area contributed by atoms with E-state index in [2.05, 4.69) is 17.6 Å². The van der Waals surface area contributed by atoms with E-state index < -0.39 is 5.60 Å². The molecule has 0 atom stereocenters. The standard InChI is InChI=1S/C14H28N2O2/c1-11-5-7-12(8-6-11)15-9-10-16-13(17)18-14(2,3)4/h11-12,15H,5-10H2,1-4H3,(H,16,17). The fraction of sp³-hybridized carbons (Fsp3) is 0.929. The van der Waals surface area contributed by atoms with Crippen molar-refractivity contribution in [3.63, 3.8) is 0 Å². The fourth-order valence-electron chi connectivity index (χ4n) is 2.22. The van der Waals surface area contributed by atoms with Crippen molar-refractivity contribution in [2.75, 3.05) is 13.1 Å². The molecule has 0 unspecified atom stereocenters. The molecule has 0 bridgehead atoms. The second-order valence-electron chi connectivity index (χ2n) is 6.34. The Morgan fingerprint density at radius 2 is 1.78 bits per heavy atom. The van der Waals surface area contributed by atoms with Gasteiger partial charge < -0.3 is 15.4 Å². The van der Waals surface area contributed by atoms with Gasteiger partial charge in [-0.05, 0) is 52.4 Å². The molecular weight excluding hydrogens is 228 g/mol. The van der Waals surface area contributed by atoms with Crippen LogP contribution in [0.15, 0.2) is 0 Å². The highest BCUT2D eigenvalue weighted by Gasteiger charge is 2.18. The first-order valence-electron chi connectivity index (χ1n) is 7.07. The number of hydrogen-bond donors (Lipinski definition) is 2. The Morgan fingerprint density at radius 3 is 2.33 bits per heavy atom. The van der Waals surface area contributed by atoms with Crippen LogP contribution in [0.3, 0.4) is 0 Å². The maximum atomic E-state index is 11.4. The van der Waals surface area contributed by atoms with Crippen LogP contribution in [0.1, 0.15) is 53.4 Å². The summed E-state index contributed by atoms with van der Waals surface area (Å²) in [7, 11) is 0. The Morgan fingerprint density at radius 1 is 1.17 bits per heavy atom. The van der Waals surface area contributed by atoms with Gasteiger partial charge in [-0.25, -0.2) is 4.79 Å². The number of alkyl carbamates (subject to hydrolysis) is 1. The van der Waals surface area contributed by atoms with Gasteiger partial charge in [0, 0.05) is 19.1 Å². The van der Waals surface area contributed by atoms with Gasteiger partial charge in [-0.1, -0.05) is 6.92 Å². The Bertz CT molecular complexity index is 253. The molecule has 4 nitrogen and oxygen atoms in total. The second kappa shape index (κ2) is 6.98. The number of carbonyl (C=O) groups excluding carboxylic acids is 1.